The molecule has 0 fully saturated rings. The molecule has 1 amide bonds. The van der Waals surface area contributed by atoms with Gasteiger partial charge in [-0.05, 0) is 41.5 Å². The van der Waals surface area contributed by atoms with E-state index < -0.39 is 0 Å². The van der Waals surface area contributed by atoms with Crippen LogP contribution in [-0.4, -0.2) is 13.0 Å². The molecular formula is C22H23N3O2S. The largest absolute Gasteiger partial charge is 0.497 e. The summed E-state index contributed by atoms with van der Waals surface area (Å²) in [6.07, 6.45) is 0. The van der Waals surface area contributed by atoms with Crippen molar-refractivity contribution in [3.05, 3.63) is 71.6 Å². The van der Waals surface area contributed by atoms with Crippen molar-refractivity contribution < 1.29 is 9.53 Å². The maximum Gasteiger partial charge on any atom is 0.221 e. The maximum atomic E-state index is 11.3. The molecule has 0 aliphatic carbocycles. The van der Waals surface area contributed by atoms with E-state index in [1.54, 1.807) is 18.4 Å². The van der Waals surface area contributed by atoms with E-state index in [1.165, 1.54) is 6.92 Å². The number of hydrogen-bond acceptors (Lipinski definition) is 5. The van der Waals surface area contributed by atoms with Gasteiger partial charge in [-0.1, -0.05) is 30.8 Å². The highest BCUT2D eigenvalue weighted by atomic mass is 32.1. The van der Waals surface area contributed by atoms with E-state index in [0.717, 1.165) is 38.0 Å². The Kier molecular flexibility index (Phi) is 6.01. The predicted octanol–water partition coefficient (Wildman–Crippen LogP) is 4.72. The van der Waals surface area contributed by atoms with Crippen molar-refractivity contribution in [3.8, 4) is 16.2 Å². The first-order valence-electron chi connectivity index (χ1n) is 8.79. The van der Waals surface area contributed by atoms with Gasteiger partial charge in [0.15, 0.2) is 0 Å². The van der Waals surface area contributed by atoms with Gasteiger partial charge in [-0.15, -0.1) is 11.3 Å². The number of nitrogens with two attached hydrogens (primary N) is 1. The molecule has 3 rings (SSSR count). The van der Waals surface area contributed by atoms with Crippen molar-refractivity contribution in [1.82, 2.24) is 5.32 Å². The summed E-state index contributed by atoms with van der Waals surface area (Å²) in [6.45, 7) is 6.27. The fraction of sp³-hybridized carbons (Fsp3) is 0.136. The molecule has 4 N–H and O–H groups in total. The number of carbonyl (C=O) groups is 1. The average molecular weight is 394 g/mol. The van der Waals surface area contributed by atoms with Crippen LogP contribution in [0.5, 0.6) is 5.75 Å². The first-order chi connectivity index (χ1) is 13.5. The quantitative estimate of drug-likeness (QED) is 0.543. The predicted molar refractivity (Wildman–Crippen MR) is 117 cm³/mol. The first-order valence-corrected chi connectivity index (χ1v) is 9.61. The second-order valence-electron chi connectivity index (χ2n) is 6.34. The Hall–Kier alpha value is -3.25. The minimum absolute atomic E-state index is 0.0976. The molecule has 0 aliphatic heterocycles. The molecule has 0 saturated carbocycles. The molecule has 6 heteroatoms. The molecular weight excluding hydrogens is 370 g/mol. The zero-order chi connectivity index (χ0) is 20.1. The minimum Gasteiger partial charge on any atom is -0.497 e. The number of ether oxygens (including phenoxy) is 1. The van der Waals surface area contributed by atoms with Crippen molar-refractivity contribution in [1.29, 1.82) is 0 Å². The van der Waals surface area contributed by atoms with Crippen LogP contribution in [0, 0.1) is 0 Å². The third-order valence-electron chi connectivity index (χ3n) is 4.17. The number of anilines is 2. The number of amides is 1. The van der Waals surface area contributed by atoms with E-state index in [2.05, 4.69) is 17.2 Å². The van der Waals surface area contributed by atoms with E-state index in [-0.39, 0.29) is 5.91 Å². The Bertz CT molecular complexity index is 993. The molecule has 3 aromatic rings. The van der Waals surface area contributed by atoms with Crippen LogP contribution in [0.2, 0.25) is 0 Å². The van der Waals surface area contributed by atoms with Crippen molar-refractivity contribution in [2.75, 3.05) is 18.2 Å². The maximum absolute atomic E-state index is 11.3. The number of carbonyl (C=O) groups excluding carboxylic acids is 1. The Morgan fingerprint density at radius 3 is 2.61 bits per heavy atom. The second kappa shape index (κ2) is 8.63. The Balaban J connectivity index is 1.72. The molecule has 0 radical (unpaired) electrons. The number of hydrogen-bond donors (Lipinski definition) is 3. The van der Waals surface area contributed by atoms with Gasteiger partial charge in [0.05, 0.1) is 17.7 Å². The number of rotatable bonds is 7. The van der Waals surface area contributed by atoms with Crippen LogP contribution < -0.4 is 21.1 Å². The van der Waals surface area contributed by atoms with E-state index in [1.807, 2.05) is 54.6 Å². The van der Waals surface area contributed by atoms with E-state index >= 15 is 0 Å². The van der Waals surface area contributed by atoms with Gasteiger partial charge in [-0.3, -0.25) is 4.79 Å². The standard InChI is InChI=1S/C22H23N3O2S/c1-14(24-13-16-7-9-19(27-3)10-8-16)22-20(23)12-21(28-22)17-5-4-6-18(11-17)25-15(2)26/h4-12,24H,1,13,23H2,2-3H3,(H,25,26). The number of methoxy groups -OCH3 is 1. The van der Waals surface area contributed by atoms with Crippen LogP contribution in [0.4, 0.5) is 11.4 Å². The third-order valence-corrected chi connectivity index (χ3v) is 5.43. The highest BCUT2D eigenvalue weighted by Gasteiger charge is 2.12. The van der Waals surface area contributed by atoms with Crippen LogP contribution >= 0.6 is 11.3 Å². The van der Waals surface area contributed by atoms with Gasteiger partial charge in [0.2, 0.25) is 5.91 Å². The molecule has 0 unspecified atom stereocenters. The lowest BCUT2D eigenvalue weighted by Crippen LogP contribution is -2.10. The highest BCUT2D eigenvalue weighted by Crippen LogP contribution is 2.37. The minimum atomic E-state index is -0.0976. The summed E-state index contributed by atoms with van der Waals surface area (Å²) in [5.41, 5.74) is 10.6. The topological polar surface area (TPSA) is 76.4 Å². The molecule has 0 spiro atoms. The summed E-state index contributed by atoms with van der Waals surface area (Å²) in [5, 5.41) is 6.14. The fourth-order valence-corrected chi connectivity index (χ4v) is 3.79. The summed E-state index contributed by atoms with van der Waals surface area (Å²) >= 11 is 1.57. The van der Waals surface area contributed by atoms with E-state index in [4.69, 9.17) is 10.5 Å². The van der Waals surface area contributed by atoms with Gasteiger partial charge in [0, 0.05) is 29.7 Å². The lowest BCUT2D eigenvalue weighted by atomic mass is 10.1. The van der Waals surface area contributed by atoms with Gasteiger partial charge < -0.3 is 21.1 Å². The van der Waals surface area contributed by atoms with Gasteiger partial charge in [0.25, 0.3) is 0 Å². The molecule has 0 saturated heterocycles. The molecule has 1 aromatic heterocycles. The van der Waals surface area contributed by atoms with Crippen molar-refractivity contribution in [3.63, 3.8) is 0 Å². The average Bonchev–Trinajstić information content (AvgIpc) is 3.08. The zero-order valence-corrected chi connectivity index (χ0v) is 16.7. The summed E-state index contributed by atoms with van der Waals surface area (Å²) in [4.78, 5) is 13.2. The lowest BCUT2D eigenvalue weighted by Gasteiger charge is -2.09. The fourth-order valence-electron chi connectivity index (χ4n) is 2.77. The number of nitrogens with one attached hydrogen (secondary N) is 2. The smallest absolute Gasteiger partial charge is 0.221 e. The first kappa shape index (κ1) is 19.5. The molecule has 5 nitrogen and oxygen atoms in total. The summed E-state index contributed by atoms with van der Waals surface area (Å²) in [5.74, 6) is 0.732. The van der Waals surface area contributed by atoms with Gasteiger partial charge in [-0.2, -0.15) is 0 Å². The molecule has 144 valence electrons. The molecule has 1 heterocycles. The normalized spacial score (nSPS) is 10.4. The Morgan fingerprint density at radius 2 is 1.93 bits per heavy atom. The van der Waals surface area contributed by atoms with Crippen molar-refractivity contribution in [2.24, 2.45) is 0 Å². The molecule has 0 aliphatic rings. The van der Waals surface area contributed by atoms with Crippen molar-refractivity contribution >= 4 is 34.3 Å². The van der Waals surface area contributed by atoms with Crippen LogP contribution in [0.1, 0.15) is 17.4 Å². The number of benzene rings is 2. The molecule has 0 bridgehead atoms. The monoisotopic (exact) mass is 393 g/mol. The van der Waals surface area contributed by atoms with Gasteiger partial charge in [-0.25, -0.2) is 0 Å². The zero-order valence-electron chi connectivity index (χ0n) is 15.9. The van der Waals surface area contributed by atoms with Gasteiger partial charge >= 0.3 is 0 Å². The SMILES string of the molecule is C=C(NCc1ccc(OC)cc1)c1sc(-c2cccc(NC(C)=O)c2)cc1N. The van der Waals surface area contributed by atoms with Crippen LogP contribution in [0.3, 0.4) is 0 Å². The summed E-state index contributed by atoms with van der Waals surface area (Å²) in [6, 6.07) is 17.5. The van der Waals surface area contributed by atoms with Crippen molar-refractivity contribution in [2.45, 2.75) is 13.5 Å². The highest BCUT2D eigenvalue weighted by molar-refractivity contribution is 7.17. The van der Waals surface area contributed by atoms with Crippen LogP contribution in [0.15, 0.2) is 61.2 Å². The van der Waals surface area contributed by atoms with Gasteiger partial charge in [0.1, 0.15) is 5.75 Å². The number of thiophene rings is 1. The Morgan fingerprint density at radius 1 is 1.18 bits per heavy atom. The Labute approximate surface area is 168 Å². The third kappa shape index (κ3) is 4.72. The summed E-state index contributed by atoms with van der Waals surface area (Å²) < 4.78 is 5.18. The molecule has 0 atom stereocenters. The molecule has 28 heavy (non-hydrogen) atoms. The van der Waals surface area contributed by atoms with Crippen LogP contribution in [-0.2, 0) is 11.3 Å². The molecule has 2 aromatic carbocycles. The van der Waals surface area contributed by atoms with E-state index in [0.29, 0.717) is 12.2 Å². The van der Waals surface area contributed by atoms with E-state index in [9.17, 15) is 4.79 Å². The second-order valence-corrected chi connectivity index (χ2v) is 7.39. The summed E-state index contributed by atoms with van der Waals surface area (Å²) in [7, 11) is 1.65. The number of nitrogen functional groups attached to an aromatic ring is 1. The lowest BCUT2D eigenvalue weighted by molar-refractivity contribution is -0.114. The van der Waals surface area contributed by atoms with Crippen LogP contribution in [0.25, 0.3) is 16.1 Å².